The highest BCUT2D eigenvalue weighted by Crippen LogP contribution is 2.20. The zero-order valence-corrected chi connectivity index (χ0v) is 10.0. The van der Waals surface area contributed by atoms with E-state index in [2.05, 4.69) is 23.8 Å². The third-order valence-corrected chi connectivity index (χ3v) is 1.92. The lowest BCUT2D eigenvalue weighted by molar-refractivity contribution is 0.815. The monoisotopic (exact) mass is 195 g/mol. The zero-order chi connectivity index (χ0) is 11.3. The first-order valence-corrected chi connectivity index (χ1v) is 5.13. The second-order valence-electron chi connectivity index (χ2n) is 3.32. The van der Waals surface area contributed by atoms with E-state index in [-0.39, 0.29) is 0 Å². The van der Waals surface area contributed by atoms with Crippen molar-refractivity contribution in [1.29, 1.82) is 0 Å². The maximum Gasteiger partial charge on any atom is 0.220 e. The first-order chi connectivity index (χ1) is 6.52. The molecule has 1 aromatic rings. The molecule has 3 nitrogen and oxygen atoms in total. The number of nitrogens with two attached hydrogens (primary N) is 1. The van der Waals surface area contributed by atoms with Crippen LogP contribution in [0, 0.1) is 13.8 Å². The number of aromatic nitrogens is 2. The number of rotatable bonds is 1. The summed E-state index contributed by atoms with van der Waals surface area (Å²) in [6.07, 6.45) is 0. The molecule has 0 unspecified atom stereocenters. The molecular weight excluding hydrogens is 174 g/mol. The van der Waals surface area contributed by atoms with Gasteiger partial charge in [-0.3, -0.25) is 0 Å². The van der Waals surface area contributed by atoms with Crippen molar-refractivity contribution in [1.82, 2.24) is 9.97 Å². The topological polar surface area (TPSA) is 51.8 Å². The Morgan fingerprint density at radius 3 is 1.64 bits per heavy atom. The molecule has 0 aromatic carbocycles. The first kappa shape index (κ1) is 12.9. The van der Waals surface area contributed by atoms with Crippen LogP contribution in [0.1, 0.15) is 50.6 Å². The molecule has 1 rings (SSSR count). The highest BCUT2D eigenvalue weighted by Gasteiger charge is 2.09. The lowest BCUT2D eigenvalue weighted by Crippen LogP contribution is -2.05. The van der Waals surface area contributed by atoms with Crippen LogP contribution in [-0.4, -0.2) is 9.97 Å². The summed E-state index contributed by atoms with van der Waals surface area (Å²) >= 11 is 0. The Labute approximate surface area is 86.8 Å². The minimum absolute atomic E-state index is 0.370. The van der Waals surface area contributed by atoms with Gasteiger partial charge in [0.2, 0.25) is 5.95 Å². The number of nitrogen functional groups attached to an aromatic ring is 1. The summed E-state index contributed by atoms with van der Waals surface area (Å²) in [6, 6.07) is 0. The standard InChI is InChI=1S/C9H15N3.C2H6/c1-5(2)8-6(3)11-9(10)12-7(8)4;1-2/h5H,1-4H3,(H2,10,11,12);1-2H3. The molecule has 14 heavy (non-hydrogen) atoms. The number of hydrogen-bond donors (Lipinski definition) is 1. The number of hydrogen-bond acceptors (Lipinski definition) is 3. The molecule has 80 valence electrons. The summed E-state index contributed by atoms with van der Waals surface area (Å²) in [5.74, 6) is 0.833. The van der Waals surface area contributed by atoms with Crippen molar-refractivity contribution in [2.24, 2.45) is 0 Å². The van der Waals surface area contributed by atoms with Gasteiger partial charge in [0.15, 0.2) is 0 Å². The van der Waals surface area contributed by atoms with Gasteiger partial charge < -0.3 is 5.73 Å². The van der Waals surface area contributed by atoms with Gasteiger partial charge in [0.1, 0.15) is 0 Å². The molecule has 0 atom stereocenters. The van der Waals surface area contributed by atoms with E-state index in [1.54, 1.807) is 0 Å². The smallest absolute Gasteiger partial charge is 0.220 e. The van der Waals surface area contributed by atoms with Crippen LogP contribution in [-0.2, 0) is 0 Å². The number of aryl methyl sites for hydroxylation is 2. The fourth-order valence-electron chi connectivity index (χ4n) is 1.59. The van der Waals surface area contributed by atoms with Crippen LogP contribution >= 0.6 is 0 Å². The summed E-state index contributed by atoms with van der Waals surface area (Å²) < 4.78 is 0. The van der Waals surface area contributed by atoms with Crippen LogP contribution in [0.3, 0.4) is 0 Å². The Morgan fingerprint density at radius 1 is 1.00 bits per heavy atom. The zero-order valence-electron chi connectivity index (χ0n) is 10.0. The second kappa shape index (κ2) is 5.58. The van der Waals surface area contributed by atoms with E-state index in [0.29, 0.717) is 11.9 Å². The average Bonchev–Trinajstić information content (AvgIpc) is 2.04. The molecule has 0 saturated heterocycles. The molecule has 3 heteroatoms. The van der Waals surface area contributed by atoms with Crippen molar-refractivity contribution in [3.05, 3.63) is 17.0 Å². The van der Waals surface area contributed by atoms with Crippen LogP contribution in [0.25, 0.3) is 0 Å². The van der Waals surface area contributed by atoms with Crippen LogP contribution in [0.2, 0.25) is 0 Å². The molecule has 0 saturated carbocycles. The van der Waals surface area contributed by atoms with Crippen LogP contribution in [0.5, 0.6) is 0 Å². The summed E-state index contributed by atoms with van der Waals surface area (Å²) in [7, 11) is 0. The highest BCUT2D eigenvalue weighted by atomic mass is 15.0. The van der Waals surface area contributed by atoms with Gasteiger partial charge >= 0.3 is 0 Å². The summed E-state index contributed by atoms with van der Waals surface area (Å²) in [4.78, 5) is 8.24. The van der Waals surface area contributed by atoms with Crippen molar-refractivity contribution in [3.8, 4) is 0 Å². The van der Waals surface area contributed by atoms with Crippen molar-refractivity contribution in [2.45, 2.75) is 47.5 Å². The third-order valence-electron chi connectivity index (χ3n) is 1.92. The van der Waals surface area contributed by atoms with Crippen LogP contribution < -0.4 is 5.73 Å². The summed E-state index contributed by atoms with van der Waals surface area (Å²) in [5, 5.41) is 0. The molecule has 0 bridgehead atoms. The minimum atomic E-state index is 0.370. The first-order valence-electron chi connectivity index (χ1n) is 5.13. The second-order valence-corrected chi connectivity index (χ2v) is 3.32. The molecule has 0 aliphatic heterocycles. The highest BCUT2D eigenvalue weighted by molar-refractivity contribution is 5.32. The van der Waals surface area contributed by atoms with Gasteiger partial charge in [-0.15, -0.1) is 0 Å². The summed E-state index contributed by atoms with van der Waals surface area (Å²) in [6.45, 7) is 12.2. The Morgan fingerprint density at radius 2 is 1.36 bits per heavy atom. The van der Waals surface area contributed by atoms with Crippen molar-refractivity contribution in [3.63, 3.8) is 0 Å². The van der Waals surface area contributed by atoms with E-state index in [4.69, 9.17) is 5.73 Å². The molecule has 0 fully saturated rings. The SMILES string of the molecule is CC.Cc1nc(N)nc(C)c1C(C)C. The quantitative estimate of drug-likeness (QED) is 0.749. The molecule has 0 amide bonds. The maximum atomic E-state index is 5.51. The van der Waals surface area contributed by atoms with Gasteiger partial charge in [-0.2, -0.15) is 0 Å². The fourth-order valence-corrected chi connectivity index (χ4v) is 1.59. The predicted octanol–water partition coefficient (Wildman–Crippen LogP) is 2.83. The maximum absolute atomic E-state index is 5.51. The van der Waals surface area contributed by atoms with E-state index in [1.807, 2.05) is 27.7 Å². The molecular formula is C11H21N3. The normalized spacial score (nSPS) is 9.64. The van der Waals surface area contributed by atoms with E-state index in [0.717, 1.165) is 11.4 Å². The molecule has 0 aliphatic carbocycles. The van der Waals surface area contributed by atoms with E-state index >= 15 is 0 Å². The molecule has 0 radical (unpaired) electrons. The van der Waals surface area contributed by atoms with Gasteiger partial charge in [0.05, 0.1) is 0 Å². The van der Waals surface area contributed by atoms with Gasteiger partial charge in [-0.1, -0.05) is 27.7 Å². The molecule has 2 N–H and O–H groups in total. The van der Waals surface area contributed by atoms with Crippen molar-refractivity contribution in [2.75, 3.05) is 5.73 Å². The molecule has 1 heterocycles. The average molecular weight is 195 g/mol. The Bertz CT molecular complexity index is 270. The van der Waals surface area contributed by atoms with Crippen molar-refractivity contribution < 1.29 is 0 Å². The fraction of sp³-hybridized carbons (Fsp3) is 0.636. The number of nitrogens with zero attached hydrogens (tertiary/aromatic N) is 2. The van der Waals surface area contributed by atoms with E-state index in [1.165, 1.54) is 5.56 Å². The van der Waals surface area contributed by atoms with Crippen LogP contribution in [0.4, 0.5) is 5.95 Å². The summed E-state index contributed by atoms with van der Waals surface area (Å²) in [5.41, 5.74) is 8.71. The van der Waals surface area contributed by atoms with Gasteiger partial charge in [0.25, 0.3) is 0 Å². The lowest BCUT2D eigenvalue weighted by atomic mass is 10.0. The molecule has 0 spiro atoms. The van der Waals surface area contributed by atoms with Crippen molar-refractivity contribution >= 4 is 5.95 Å². The van der Waals surface area contributed by atoms with Gasteiger partial charge in [-0.25, -0.2) is 9.97 Å². The molecule has 1 aromatic heterocycles. The molecule has 0 aliphatic rings. The third kappa shape index (κ3) is 2.98. The Hall–Kier alpha value is -1.12. The van der Waals surface area contributed by atoms with Crippen LogP contribution in [0.15, 0.2) is 0 Å². The minimum Gasteiger partial charge on any atom is -0.368 e. The Balaban J connectivity index is 0.000000791. The largest absolute Gasteiger partial charge is 0.368 e. The van der Waals surface area contributed by atoms with Gasteiger partial charge in [-0.05, 0) is 25.3 Å². The van der Waals surface area contributed by atoms with Gasteiger partial charge in [0, 0.05) is 11.4 Å². The predicted molar refractivity (Wildman–Crippen MR) is 61.4 cm³/mol. The lowest BCUT2D eigenvalue weighted by Gasteiger charge is -2.11. The van der Waals surface area contributed by atoms with E-state index < -0.39 is 0 Å². The number of anilines is 1. The Kier molecular flexibility index (Phi) is 5.13. The van der Waals surface area contributed by atoms with E-state index in [9.17, 15) is 0 Å².